The van der Waals surface area contributed by atoms with Gasteiger partial charge in [0.2, 0.25) is 0 Å². The molecule has 0 aliphatic carbocycles. The molecule has 1 aliphatic heterocycles. The molecule has 7 heteroatoms. The zero-order valence-electron chi connectivity index (χ0n) is 15.5. The van der Waals surface area contributed by atoms with E-state index in [2.05, 4.69) is 10.7 Å². The molecule has 1 aromatic carbocycles. The Balaban J connectivity index is 1.78. The molecule has 0 saturated carbocycles. The molecule has 3 rings (SSSR count). The molecule has 0 atom stereocenters. The molecular formula is C20H23N3O4. The van der Waals surface area contributed by atoms with E-state index in [1.54, 1.807) is 29.3 Å². The number of morpholine rings is 1. The van der Waals surface area contributed by atoms with Gasteiger partial charge < -0.3 is 14.5 Å². The number of benzene rings is 1. The van der Waals surface area contributed by atoms with Gasteiger partial charge in [0.25, 0.3) is 11.8 Å². The Bertz CT molecular complexity index is 837. The number of nitrogens with one attached hydrogen (secondary N) is 2. The molecule has 142 valence electrons. The van der Waals surface area contributed by atoms with Crippen LogP contribution < -0.4 is 10.7 Å². The Morgan fingerprint density at radius 2 is 1.89 bits per heavy atom. The van der Waals surface area contributed by atoms with Gasteiger partial charge in [0.15, 0.2) is 0 Å². The number of hydrogen-bond acceptors (Lipinski definition) is 5. The summed E-state index contributed by atoms with van der Waals surface area (Å²) in [5, 5.41) is 4.47. The van der Waals surface area contributed by atoms with E-state index in [0.717, 1.165) is 11.1 Å². The fraction of sp³-hybridized carbons (Fsp3) is 0.300. The van der Waals surface area contributed by atoms with Gasteiger partial charge in [-0.1, -0.05) is 6.07 Å². The number of ether oxygens (including phenoxy) is 1. The lowest BCUT2D eigenvalue weighted by atomic mass is 10.1. The summed E-state index contributed by atoms with van der Waals surface area (Å²) in [6.45, 7) is 6.20. The molecule has 7 nitrogen and oxygen atoms in total. The minimum Gasteiger partial charge on any atom is -0.465 e. The lowest BCUT2D eigenvalue weighted by Gasteiger charge is -2.27. The fourth-order valence-corrected chi connectivity index (χ4v) is 2.63. The van der Waals surface area contributed by atoms with Gasteiger partial charge in [0.05, 0.1) is 19.5 Å². The maximum atomic E-state index is 12.7. The van der Waals surface area contributed by atoms with Crippen LogP contribution in [0.25, 0.3) is 6.08 Å². The van der Waals surface area contributed by atoms with Crippen LogP contribution in [0.3, 0.4) is 0 Å². The first kappa shape index (κ1) is 18.9. The summed E-state index contributed by atoms with van der Waals surface area (Å²) >= 11 is 0. The van der Waals surface area contributed by atoms with E-state index in [-0.39, 0.29) is 11.6 Å². The first-order chi connectivity index (χ1) is 13.0. The normalized spacial score (nSPS) is 15.4. The van der Waals surface area contributed by atoms with Crippen molar-refractivity contribution in [3.63, 3.8) is 0 Å². The maximum absolute atomic E-state index is 12.7. The van der Waals surface area contributed by atoms with Crippen molar-refractivity contribution < 1.29 is 18.7 Å². The fourth-order valence-electron chi connectivity index (χ4n) is 2.63. The van der Waals surface area contributed by atoms with Crippen LogP contribution in [-0.2, 0) is 9.53 Å². The van der Waals surface area contributed by atoms with Crippen LogP contribution in [-0.4, -0.2) is 43.1 Å². The number of carbonyl (C=O) groups excluding carboxylic acids is 2. The molecule has 2 N–H and O–H groups in total. The van der Waals surface area contributed by atoms with Gasteiger partial charge >= 0.3 is 0 Å². The van der Waals surface area contributed by atoms with Crippen molar-refractivity contribution >= 4 is 17.9 Å². The van der Waals surface area contributed by atoms with Gasteiger partial charge in [0.1, 0.15) is 11.5 Å². The number of carbonyl (C=O) groups is 2. The number of rotatable bonds is 5. The molecule has 1 aromatic heterocycles. The van der Waals surface area contributed by atoms with Gasteiger partial charge in [0, 0.05) is 24.7 Å². The summed E-state index contributed by atoms with van der Waals surface area (Å²) in [7, 11) is 0. The van der Waals surface area contributed by atoms with E-state index < -0.39 is 5.91 Å². The second-order valence-corrected chi connectivity index (χ2v) is 6.37. The van der Waals surface area contributed by atoms with Crippen LogP contribution in [0.4, 0.5) is 0 Å². The Labute approximate surface area is 158 Å². The lowest BCUT2D eigenvalue weighted by molar-refractivity contribution is -0.124. The smallest absolute Gasteiger partial charge is 0.282 e. The zero-order chi connectivity index (χ0) is 19.2. The summed E-state index contributed by atoms with van der Waals surface area (Å²) in [5.41, 5.74) is 5.51. The molecule has 1 saturated heterocycles. The van der Waals surface area contributed by atoms with Crippen molar-refractivity contribution in [3.8, 4) is 0 Å². The molecule has 1 fully saturated rings. The molecular weight excluding hydrogens is 346 g/mol. The Hall–Kier alpha value is -2.90. The van der Waals surface area contributed by atoms with Crippen molar-refractivity contribution in [2.75, 3.05) is 26.3 Å². The van der Waals surface area contributed by atoms with Crippen molar-refractivity contribution in [2.45, 2.75) is 13.8 Å². The Kier molecular flexibility index (Phi) is 6.05. The first-order valence-electron chi connectivity index (χ1n) is 8.80. The van der Waals surface area contributed by atoms with Gasteiger partial charge in [-0.05, 0) is 49.2 Å². The molecule has 0 spiro atoms. The number of aryl methyl sites for hydroxylation is 2. The van der Waals surface area contributed by atoms with Crippen molar-refractivity contribution in [2.24, 2.45) is 0 Å². The Morgan fingerprint density at radius 3 is 2.56 bits per heavy atom. The lowest BCUT2D eigenvalue weighted by Crippen LogP contribution is -2.50. The van der Waals surface area contributed by atoms with Crippen LogP contribution >= 0.6 is 0 Å². The SMILES string of the molecule is Cc1ccc(C(=O)NC(=Cc2ccco2)C(=O)NN2CCOCC2)cc1C. The summed E-state index contributed by atoms with van der Waals surface area (Å²) in [6.07, 6.45) is 3.02. The van der Waals surface area contributed by atoms with E-state index >= 15 is 0 Å². The zero-order valence-corrected chi connectivity index (χ0v) is 15.5. The largest absolute Gasteiger partial charge is 0.465 e. The highest BCUT2D eigenvalue weighted by molar-refractivity contribution is 6.05. The number of nitrogens with zero attached hydrogens (tertiary/aromatic N) is 1. The van der Waals surface area contributed by atoms with Gasteiger partial charge in [-0.15, -0.1) is 0 Å². The average Bonchev–Trinajstić information content (AvgIpc) is 3.17. The van der Waals surface area contributed by atoms with Crippen LogP contribution in [0.15, 0.2) is 46.7 Å². The maximum Gasteiger partial charge on any atom is 0.282 e. The minimum absolute atomic E-state index is 0.111. The highest BCUT2D eigenvalue weighted by Crippen LogP contribution is 2.12. The van der Waals surface area contributed by atoms with E-state index in [1.165, 1.54) is 12.3 Å². The summed E-state index contributed by atoms with van der Waals surface area (Å²) < 4.78 is 10.6. The van der Waals surface area contributed by atoms with Gasteiger partial charge in [-0.3, -0.25) is 15.0 Å². The number of furan rings is 1. The number of hydrazine groups is 1. The van der Waals surface area contributed by atoms with Crippen LogP contribution in [0.1, 0.15) is 27.2 Å². The topological polar surface area (TPSA) is 83.8 Å². The van der Waals surface area contributed by atoms with Gasteiger partial charge in [-0.2, -0.15) is 0 Å². The summed E-state index contributed by atoms with van der Waals surface area (Å²) in [4.78, 5) is 25.4. The van der Waals surface area contributed by atoms with Gasteiger partial charge in [-0.25, -0.2) is 5.01 Å². The highest BCUT2D eigenvalue weighted by atomic mass is 16.5. The third-order valence-corrected chi connectivity index (χ3v) is 4.36. The highest BCUT2D eigenvalue weighted by Gasteiger charge is 2.19. The predicted molar refractivity (Wildman–Crippen MR) is 101 cm³/mol. The molecule has 0 radical (unpaired) electrons. The van der Waals surface area contributed by atoms with Crippen LogP contribution in [0.2, 0.25) is 0 Å². The van der Waals surface area contributed by atoms with Crippen molar-refractivity contribution in [1.82, 2.24) is 15.8 Å². The second kappa shape index (κ2) is 8.66. The van der Waals surface area contributed by atoms with E-state index in [0.29, 0.717) is 37.6 Å². The molecule has 1 aliphatic rings. The quantitative estimate of drug-likeness (QED) is 0.788. The first-order valence-corrected chi connectivity index (χ1v) is 8.80. The number of amides is 2. The molecule has 2 aromatic rings. The third-order valence-electron chi connectivity index (χ3n) is 4.36. The molecule has 0 unspecified atom stereocenters. The Morgan fingerprint density at radius 1 is 1.11 bits per heavy atom. The van der Waals surface area contributed by atoms with E-state index in [4.69, 9.17) is 9.15 Å². The third kappa shape index (κ3) is 5.06. The average molecular weight is 369 g/mol. The van der Waals surface area contributed by atoms with E-state index in [9.17, 15) is 9.59 Å². The predicted octanol–water partition coefficient (Wildman–Crippen LogP) is 2.03. The monoisotopic (exact) mass is 369 g/mol. The molecule has 27 heavy (non-hydrogen) atoms. The van der Waals surface area contributed by atoms with Crippen LogP contribution in [0.5, 0.6) is 0 Å². The molecule has 2 heterocycles. The summed E-state index contributed by atoms with van der Waals surface area (Å²) in [6, 6.07) is 8.85. The standard InChI is InChI=1S/C20H23N3O4/c1-14-5-6-16(12-15(14)2)19(24)21-18(13-17-4-3-9-27-17)20(25)22-23-7-10-26-11-8-23/h3-6,9,12-13H,7-8,10-11H2,1-2H3,(H,21,24)(H,22,25). The molecule has 2 amide bonds. The van der Waals surface area contributed by atoms with Crippen molar-refractivity contribution in [1.29, 1.82) is 0 Å². The second-order valence-electron chi connectivity index (χ2n) is 6.37. The molecule has 0 bridgehead atoms. The van der Waals surface area contributed by atoms with Crippen LogP contribution in [0, 0.1) is 13.8 Å². The minimum atomic E-state index is -0.412. The number of hydrogen-bond donors (Lipinski definition) is 2. The van der Waals surface area contributed by atoms with Crippen molar-refractivity contribution in [3.05, 3.63) is 64.7 Å². The summed E-state index contributed by atoms with van der Waals surface area (Å²) in [5.74, 6) is -0.291. The van der Waals surface area contributed by atoms with E-state index in [1.807, 2.05) is 19.9 Å².